The van der Waals surface area contributed by atoms with E-state index in [4.69, 9.17) is 23.1 Å². The van der Waals surface area contributed by atoms with Crippen LogP contribution < -0.4 is 11.5 Å². The summed E-state index contributed by atoms with van der Waals surface area (Å²) in [7, 11) is 0. The smallest absolute Gasteiger partial charge is 0.139 e. The van der Waals surface area contributed by atoms with Crippen LogP contribution in [0.25, 0.3) is 10.8 Å². The second-order valence-corrected chi connectivity index (χ2v) is 3.46. The lowest BCUT2D eigenvalue weighted by Crippen LogP contribution is -1.92. The average molecular weight is 209 g/mol. The zero-order valence-electron chi connectivity index (χ0n) is 7.29. The normalized spacial score (nSPS) is 10.6. The Morgan fingerprint density at radius 2 is 1.50 bits per heavy atom. The van der Waals surface area contributed by atoms with Crippen molar-refractivity contribution in [1.29, 1.82) is 0 Å². The molecule has 0 saturated heterocycles. The molecule has 14 heavy (non-hydrogen) atoms. The predicted octanol–water partition coefficient (Wildman–Crippen LogP) is 2.36. The molecule has 3 nitrogen and oxygen atoms in total. The van der Waals surface area contributed by atoms with Crippen LogP contribution >= 0.6 is 11.6 Å². The summed E-state index contributed by atoms with van der Waals surface area (Å²) in [5, 5.41) is 11.3. The van der Waals surface area contributed by atoms with Crippen molar-refractivity contribution in [2.45, 2.75) is 0 Å². The minimum absolute atomic E-state index is 0.0548. The van der Waals surface area contributed by atoms with Crippen LogP contribution in [0.5, 0.6) is 5.75 Å². The van der Waals surface area contributed by atoms with E-state index >= 15 is 0 Å². The van der Waals surface area contributed by atoms with Gasteiger partial charge in [-0.25, -0.2) is 0 Å². The summed E-state index contributed by atoms with van der Waals surface area (Å²) in [6.45, 7) is 0. The number of rotatable bonds is 0. The Balaban J connectivity index is 2.94. The van der Waals surface area contributed by atoms with Gasteiger partial charge in [0.15, 0.2) is 0 Å². The summed E-state index contributed by atoms with van der Waals surface area (Å²) in [4.78, 5) is 0. The van der Waals surface area contributed by atoms with Gasteiger partial charge in [-0.2, -0.15) is 0 Å². The molecule has 0 fully saturated rings. The number of nitrogens with two attached hydrogens (primary N) is 2. The van der Waals surface area contributed by atoms with Crippen molar-refractivity contribution in [1.82, 2.24) is 0 Å². The molecule has 2 rings (SSSR count). The first-order valence-corrected chi connectivity index (χ1v) is 4.44. The zero-order valence-corrected chi connectivity index (χ0v) is 8.05. The van der Waals surface area contributed by atoms with Gasteiger partial charge in [0, 0.05) is 10.8 Å². The van der Waals surface area contributed by atoms with Crippen molar-refractivity contribution >= 4 is 33.7 Å². The first-order chi connectivity index (χ1) is 6.61. The number of phenolic OH excluding ortho intramolecular Hbond substituents is 1. The maximum absolute atomic E-state index is 9.38. The van der Waals surface area contributed by atoms with Crippen LogP contribution in [0, 0.1) is 0 Å². The molecule has 0 aliphatic heterocycles. The molecular weight excluding hydrogens is 200 g/mol. The van der Waals surface area contributed by atoms with Crippen LogP contribution in [-0.2, 0) is 0 Å². The van der Waals surface area contributed by atoms with E-state index in [-0.39, 0.29) is 5.75 Å². The quantitative estimate of drug-likeness (QED) is 0.460. The van der Waals surface area contributed by atoms with Gasteiger partial charge in [-0.1, -0.05) is 17.7 Å². The van der Waals surface area contributed by atoms with Crippen molar-refractivity contribution in [3.63, 3.8) is 0 Å². The molecule has 0 aliphatic rings. The summed E-state index contributed by atoms with van der Waals surface area (Å²) >= 11 is 5.85. The van der Waals surface area contributed by atoms with Gasteiger partial charge in [0.05, 0.1) is 16.4 Å². The second kappa shape index (κ2) is 2.96. The number of nitrogen functional groups attached to an aromatic ring is 2. The molecule has 0 aromatic heterocycles. The van der Waals surface area contributed by atoms with Crippen molar-refractivity contribution in [2.24, 2.45) is 0 Å². The molecular formula is C10H9ClN2O. The molecule has 0 spiro atoms. The number of hydrogen-bond donors (Lipinski definition) is 3. The third-order valence-corrected chi connectivity index (χ3v) is 2.54. The Morgan fingerprint density at radius 3 is 2.21 bits per heavy atom. The van der Waals surface area contributed by atoms with Crippen LogP contribution in [0.2, 0.25) is 5.02 Å². The van der Waals surface area contributed by atoms with Gasteiger partial charge < -0.3 is 16.6 Å². The largest absolute Gasteiger partial charge is 0.506 e. The summed E-state index contributed by atoms with van der Waals surface area (Å²) in [6.07, 6.45) is 0. The van der Waals surface area contributed by atoms with E-state index < -0.39 is 0 Å². The van der Waals surface area contributed by atoms with Gasteiger partial charge in [0.25, 0.3) is 0 Å². The van der Waals surface area contributed by atoms with Crippen LogP contribution in [0.1, 0.15) is 0 Å². The topological polar surface area (TPSA) is 72.3 Å². The van der Waals surface area contributed by atoms with E-state index in [2.05, 4.69) is 0 Å². The molecule has 5 N–H and O–H groups in total. The fourth-order valence-corrected chi connectivity index (χ4v) is 1.58. The summed E-state index contributed by atoms with van der Waals surface area (Å²) in [6, 6.07) is 6.60. The zero-order chi connectivity index (χ0) is 10.3. The Hall–Kier alpha value is -1.61. The highest BCUT2D eigenvalue weighted by molar-refractivity contribution is 6.34. The van der Waals surface area contributed by atoms with E-state index in [0.29, 0.717) is 21.8 Å². The van der Waals surface area contributed by atoms with Crippen LogP contribution in [-0.4, -0.2) is 5.11 Å². The summed E-state index contributed by atoms with van der Waals surface area (Å²) in [5.41, 5.74) is 12.3. The lowest BCUT2D eigenvalue weighted by molar-refractivity contribution is 0.478. The Bertz CT molecular complexity index is 464. The highest BCUT2D eigenvalue weighted by Crippen LogP contribution is 2.35. The Labute approximate surface area is 85.9 Å². The first-order valence-electron chi connectivity index (χ1n) is 4.06. The lowest BCUT2D eigenvalue weighted by Gasteiger charge is -2.07. The van der Waals surface area contributed by atoms with E-state index in [1.54, 1.807) is 18.2 Å². The van der Waals surface area contributed by atoms with E-state index in [1.807, 2.05) is 0 Å². The van der Waals surface area contributed by atoms with Crippen LogP contribution in [0.15, 0.2) is 24.3 Å². The van der Waals surface area contributed by atoms with Crippen molar-refractivity contribution in [2.75, 3.05) is 11.5 Å². The number of phenols is 1. The van der Waals surface area contributed by atoms with Crippen molar-refractivity contribution in [3.8, 4) is 5.75 Å². The molecule has 0 amide bonds. The minimum Gasteiger partial charge on any atom is -0.506 e. The molecule has 72 valence electrons. The highest BCUT2D eigenvalue weighted by atomic mass is 35.5. The highest BCUT2D eigenvalue weighted by Gasteiger charge is 2.07. The molecule has 0 bridgehead atoms. The molecule has 0 saturated carbocycles. The van der Waals surface area contributed by atoms with Gasteiger partial charge in [-0.3, -0.25) is 0 Å². The molecule has 0 aliphatic carbocycles. The predicted molar refractivity (Wildman–Crippen MR) is 59.4 cm³/mol. The number of aromatic hydroxyl groups is 1. The number of fused-ring (bicyclic) bond motifs is 1. The van der Waals surface area contributed by atoms with Crippen LogP contribution in [0.4, 0.5) is 11.4 Å². The monoisotopic (exact) mass is 208 g/mol. The molecule has 0 radical (unpaired) electrons. The second-order valence-electron chi connectivity index (χ2n) is 3.05. The van der Waals surface area contributed by atoms with Gasteiger partial charge in [-0.05, 0) is 18.2 Å². The molecule has 4 heteroatoms. The van der Waals surface area contributed by atoms with Gasteiger partial charge in [0.2, 0.25) is 0 Å². The Morgan fingerprint density at radius 1 is 0.929 bits per heavy atom. The SMILES string of the molecule is Nc1c(O)ccc2c(N)c(Cl)ccc12. The van der Waals surface area contributed by atoms with Gasteiger partial charge in [-0.15, -0.1) is 0 Å². The number of halogens is 1. The van der Waals surface area contributed by atoms with Gasteiger partial charge in [0.1, 0.15) is 5.75 Å². The van der Waals surface area contributed by atoms with Crippen molar-refractivity contribution in [3.05, 3.63) is 29.3 Å². The third kappa shape index (κ3) is 1.14. The minimum atomic E-state index is 0.0548. The lowest BCUT2D eigenvalue weighted by atomic mass is 10.1. The number of hydrogen-bond acceptors (Lipinski definition) is 3. The van der Waals surface area contributed by atoms with Crippen LogP contribution in [0.3, 0.4) is 0 Å². The molecule has 0 heterocycles. The van der Waals surface area contributed by atoms with Crippen molar-refractivity contribution < 1.29 is 5.11 Å². The fourth-order valence-electron chi connectivity index (χ4n) is 1.41. The Kier molecular flexibility index (Phi) is 1.89. The van der Waals surface area contributed by atoms with E-state index in [0.717, 1.165) is 5.39 Å². The first kappa shape index (κ1) is 8.97. The number of anilines is 2. The van der Waals surface area contributed by atoms with E-state index in [1.165, 1.54) is 6.07 Å². The maximum Gasteiger partial charge on any atom is 0.139 e. The average Bonchev–Trinajstić information content (AvgIpc) is 2.17. The molecule has 2 aromatic carbocycles. The summed E-state index contributed by atoms with van der Waals surface area (Å²) in [5.74, 6) is 0.0548. The summed E-state index contributed by atoms with van der Waals surface area (Å²) < 4.78 is 0. The van der Waals surface area contributed by atoms with Gasteiger partial charge >= 0.3 is 0 Å². The molecule has 0 unspecified atom stereocenters. The van der Waals surface area contributed by atoms with E-state index in [9.17, 15) is 5.11 Å². The maximum atomic E-state index is 9.38. The fraction of sp³-hybridized carbons (Fsp3) is 0. The standard InChI is InChI=1S/C10H9ClN2O/c11-7-3-1-6-5(9(7)12)2-4-8(14)10(6)13/h1-4,14H,12-13H2. The molecule has 2 aromatic rings. The molecule has 0 atom stereocenters. The third-order valence-electron chi connectivity index (χ3n) is 2.21. The number of benzene rings is 2.